The number of amides is 2. The largest absolute Gasteiger partial charge is 0.480 e. The maximum atomic E-state index is 12.8. The molecule has 1 rings (SSSR count). The highest BCUT2D eigenvalue weighted by molar-refractivity contribution is 5.84. The Balaban J connectivity index is 2.52. The molecule has 0 saturated heterocycles. The van der Waals surface area contributed by atoms with E-state index < -0.39 is 36.7 Å². The average molecular weight is 354 g/mol. The van der Waals surface area contributed by atoms with E-state index in [9.17, 15) is 18.8 Å². The molecule has 0 heterocycles. The van der Waals surface area contributed by atoms with Crippen LogP contribution in [0.25, 0.3) is 0 Å². The Kier molecular flexibility index (Phi) is 7.35. The number of halogens is 1. The summed E-state index contributed by atoms with van der Waals surface area (Å²) in [5.74, 6) is -2.09. The smallest absolute Gasteiger partial charge is 0.411 e. The molecule has 0 aromatic heterocycles. The summed E-state index contributed by atoms with van der Waals surface area (Å²) in [7, 11) is 0. The number of benzene rings is 1. The van der Waals surface area contributed by atoms with Gasteiger partial charge < -0.3 is 15.2 Å². The van der Waals surface area contributed by atoms with Crippen molar-refractivity contribution in [2.24, 2.45) is 0 Å². The summed E-state index contributed by atoms with van der Waals surface area (Å²) < 4.78 is 17.9. The maximum absolute atomic E-state index is 12.8. The maximum Gasteiger partial charge on any atom is 0.411 e. The Labute approximate surface area is 145 Å². The number of hydrogen-bond donors (Lipinski definition) is 2. The Morgan fingerprint density at radius 1 is 1.16 bits per heavy atom. The molecule has 0 saturated carbocycles. The van der Waals surface area contributed by atoms with Crippen molar-refractivity contribution in [3.8, 4) is 0 Å². The summed E-state index contributed by atoms with van der Waals surface area (Å²) in [4.78, 5) is 35.6. The summed E-state index contributed by atoms with van der Waals surface area (Å²) in [6.07, 6.45) is -0.388. The monoisotopic (exact) mass is 354 g/mol. The van der Waals surface area contributed by atoms with Crippen LogP contribution in [0, 0.1) is 5.82 Å². The van der Waals surface area contributed by atoms with Crippen LogP contribution >= 0.6 is 0 Å². The number of carboxylic acids is 1. The van der Waals surface area contributed by atoms with E-state index in [4.69, 9.17) is 9.84 Å². The Morgan fingerprint density at radius 2 is 1.76 bits per heavy atom. The van der Waals surface area contributed by atoms with E-state index in [1.807, 2.05) is 0 Å². The van der Waals surface area contributed by atoms with Gasteiger partial charge in [0, 0.05) is 6.54 Å². The van der Waals surface area contributed by atoms with Crippen LogP contribution in [-0.2, 0) is 20.7 Å². The Bertz CT molecular complexity index is 610. The molecule has 2 amide bonds. The third-order valence-electron chi connectivity index (χ3n) is 2.96. The lowest BCUT2D eigenvalue weighted by Gasteiger charge is -2.26. The molecule has 0 atom stereocenters. The van der Waals surface area contributed by atoms with E-state index in [-0.39, 0.29) is 12.4 Å². The van der Waals surface area contributed by atoms with Gasteiger partial charge in [0.25, 0.3) is 0 Å². The number of carbonyl (C=O) groups excluding carboxylic acids is 2. The number of carboxylic acid groups (broad SMARTS) is 1. The van der Waals surface area contributed by atoms with Crippen molar-refractivity contribution in [1.29, 1.82) is 0 Å². The molecule has 7 nitrogen and oxygen atoms in total. The number of aliphatic carboxylic acids is 1. The number of hydrogen-bond acceptors (Lipinski definition) is 4. The fraction of sp³-hybridized carbons (Fsp3) is 0.471. The van der Waals surface area contributed by atoms with Gasteiger partial charge in [-0.3, -0.25) is 14.5 Å². The number of rotatable bonds is 7. The molecule has 1 aromatic carbocycles. The zero-order chi connectivity index (χ0) is 19.0. The van der Waals surface area contributed by atoms with Crippen LogP contribution < -0.4 is 5.32 Å². The molecule has 0 fully saturated rings. The minimum atomic E-state index is -1.25. The molecule has 0 unspecified atom stereocenters. The first-order chi connectivity index (χ1) is 11.6. The molecule has 0 bridgehead atoms. The number of ether oxygens (including phenoxy) is 1. The zero-order valence-electron chi connectivity index (χ0n) is 14.5. The summed E-state index contributed by atoms with van der Waals surface area (Å²) >= 11 is 0. The molecular weight excluding hydrogens is 331 g/mol. The third-order valence-corrected chi connectivity index (χ3v) is 2.96. The minimum Gasteiger partial charge on any atom is -0.480 e. The lowest BCUT2D eigenvalue weighted by Crippen LogP contribution is -2.45. The number of nitrogens with zero attached hydrogens (tertiary/aromatic N) is 1. The van der Waals surface area contributed by atoms with Crippen LogP contribution in [0.4, 0.5) is 9.18 Å². The van der Waals surface area contributed by atoms with Crippen molar-refractivity contribution in [3.63, 3.8) is 0 Å². The van der Waals surface area contributed by atoms with Crippen LogP contribution in [0.3, 0.4) is 0 Å². The van der Waals surface area contributed by atoms with Gasteiger partial charge in [-0.1, -0.05) is 12.1 Å². The first kappa shape index (κ1) is 20.4. The standard InChI is InChI=1S/C17H23FN2O5/c1-17(2,3)25-16(24)20(11-15(22)23)10-14(21)19-9-8-12-4-6-13(18)7-5-12/h4-7H,8-11H2,1-3H3,(H,19,21)(H,22,23). The second kappa shape index (κ2) is 9.00. The van der Waals surface area contributed by atoms with Crippen molar-refractivity contribution in [2.45, 2.75) is 32.8 Å². The molecule has 1 aromatic rings. The van der Waals surface area contributed by atoms with E-state index in [1.165, 1.54) is 12.1 Å². The highest BCUT2D eigenvalue weighted by atomic mass is 19.1. The topological polar surface area (TPSA) is 95.9 Å². The van der Waals surface area contributed by atoms with Crippen LogP contribution in [0.1, 0.15) is 26.3 Å². The van der Waals surface area contributed by atoms with Gasteiger partial charge in [-0.05, 0) is 44.9 Å². The van der Waals surface area contributed by atoms with Gasteiger partial charge in [-0.15, -0.1) is 0 Å². The van der Waals surface area contributed by atoms with Crippen molar-refractivity contribution in [1.82, 2.24) is 10.2 Å². The van der Waals surface area contributed by atoms with E-state index in [0.717, 1.165) is 10.5 Å². The lowest BCUT2D eigenvalue weighted by molar-refractivity contribution is -0.138. The molecular formula is C17H23FN2O5. The first-order valence-corrected chi connectivity index (χ1v) is 7.77. The van der Waals surface area contributed by atoms with Gasteiger partial charge in [0.15, 0.2) is 0 Å². The molecule has 138 valence electrons. The van der Waals surface area contributed by atoms with E-state index >= 15 is 0 Å². The first-order valence-electron chi connectivity index (χ1n) is 7.77. The van der Waals surface area contributed by atoms with E-state index in [2.05, 4.69) is 5.32 Å². The van der Waals surface area contributed by atoms with Crippen LogP contribution in [0.5, 0.6) is 0 Å². The Hall–Kier alpha value is -2.64. The normalized spacial score (nSPS) is 10.9. The van der Waals surface area contributed by atoms with Crippen molar-refractivity contribution >= 4 is 18.0 Å². The lowest BCUT2D eigenvalue weighted by atomic mass is 10.1. The second-order valence-electron chi connectivity index (χ2n) is 6.46. The summed E-state index contributed by atoms with van der Waals surface area (Å²) in [6, 6.07) is 5.88. The molecule has 25 heavy (non-hydrogen) atoms. The molecule has 0 aliphatic heterocycles. The van der Waals surface area contributed by atoms with Crippen molar-refractivity contribution in [2.75, 3.05) is 19.6 Å². The van der Waals surface area contributed by atoms with Gasteiger partial charge in [-0.2, -0.15) is 0 Å². The highest BCUT2D eigenvalue weighted by Gasteiger charge is 2.25. The van der Waals surface area contributed by atoms with Gasteiger partial charge in [0.05, 0.1) is 0 Å². The summed E-state index contributed by atoms with van der Waals surface area (Å²) in [5.41, 5.74) is 0.0450. The molecule has 0 spiro atoms. The number of nitrogens with one attached hydrogen (secondary N) is 1. The van der Waals surface area contributed by atoms with E-state index in [0.29, 0.717) is 6.42 Å². The predicted octanol–water partition coefficient (Wildman–Crippen LogP) is 1.81. The van der Waals surface area contributed by atoms with Gasteiger partial charge in [0.1, 0.15) is 24.5 Å². The van der Waals surface area contributed by atoms with Crippen LogP contribution in [-0.4, -0.2) is 53.2 Å². The van der Waals surface area contributed by atoms with Crippen molar-refractivity contribution in [3.05, 3.63) is 35.6 Å². The second-order valence-corrected chi connectivity index (χ2v) is 6.46. The molecule has 0 radical (unpaired) electrons. The zero-order valence-corrected chi connectivity index (χ0v) is 14.5. The average Bonchev–Trinajstić information content (AvgIpc) is 2.46. The van der Waals surface area contributed by atoms with Crippen LogP contribution in [0.15, 0.2) is 24.3 Å². The van der Waals surface area contributed by atoms with Gasteiger partial charge >= 0.3 is 12.1 Å². The highest BCUT2D eigenvalue weighted by Crippen LogP contribution is 2.10. The molecule has 2 N–H and O–H groups in total. The third kappa shape index (κ3) is 8.69. The van der Waals surface area contributed by atoms with Gasteiger partial charge in [-0.25, -0.2) is 9.18 Å². The quantitative estimate of drug-likeness (QED) is 0.778. The molecule has 0 aliphatic carbocycles. The minimum absolute atomic E-state index is 0.277. The summed E-state index contributed by atoms with van der Waals surface area (Å²) in [6.45, 7) is 4.15. The van der Waals surface area contributed by atoms with Crippen LogP contribution in [0.2, 0.25) is 0 Å². The SMILES string of the molecule is CC(C)(C)OC(=O)N(CC(=O)O)CC(=O)NCCc1ccc(F)cc1. The Morgan fingerprint density at radius 3 is 2.28 bits per heavy atom. The molecule has 0 aliphatic rings. The molecule has 8 heteroatoms. The van der Waals surface area contributed by atoms with Gasteiger partial charge in [0.2, 0.25) is 5.91 Å². The predicted molar refractivity (Wildman–Crippen MR) is 88.6 cm³/mol. The number of carbonyl (C=O) groups is 3. The summed E-state index contributed by atoms with van der Waals surface area (Å²) in [5, 5.41) is 11.5. The fourth-order valence-electron chi connectivity index (χ4n) is 1.90. The van der Waals surface area contributed by atoms with E-state index in [1.54, 1.807) is 32.9 Å². The van der Waals surface area contributed by atoms with Crippen molar-refractivity contribution < 1.29 is 28.6 Å². The fourth-order valence-corrected chi connectivity index (χ4v) is 1.90.